The number of benzene rings is 1. The van der Waals surface area contributed by atoms with Crippen LogP contribution in [-0.4, -0.2) is 34.0 Å². The molecule has 3 rings (SSSR count). The molecule has 2 aromatic rings. The smallest absolute Gasteiger partial charge is 0.143 e. The van der Waals surface area contributed by atoms with Gasteiger partial charge in [0.25, 0.3) is 0 Å². The number of thiazole rings is 1. The molecule has 1 atom stereocenters. The minimum absolute atomic E-state index is 0.156. The van der Waals surface area contributed by atoms with Crippen LogP contribution in [0.3, 0.4) is 0 Å². The van der Waals surface area contributed by atoms with Gasteiger partial charge in [0, 0.05) is 12.5 Å². The molecule has 0 saturated carbocycles. The quantitative estimate of drug-likeness (QED) is 0.393. The molecule has 0 spiro atoms. The fraction of sp³-hybridized carbons (Fsp3) is 0.429. The van der Waals surface area contributed by atoms with E-state index < -0.39 is 0 Å². The first-order valence-electron chi connectivity index (χ1n) is 6.80. The van der Waals surface area contributed by atoms with E-state index in [-0.39, 0.29) is 5.92 Å². The Morgan fingerprint density at radius 2 is 2.35 bits per heavy atom. The van der Waals surface area contributed by atoms with Gasteiger partial charge in [-0.05, 0) is 31.5 Å². The summed E-state index contributed by atoms with van der Waals surface area (Å²) in [5, 5.41) is 13.1. The van der Waals surface area contributed by atoms with E-state index in [1.54, 1.807) is 11.3 Å². The van der Waals surface area contributed by atoms with Crippen LogP contribution >= 0.6 is 11.3 Å². The summed E-state index contributed by atoms with van der Waals surface area (Å²) in [5.74, 6) is 0.502. The molecular formula is C14H18N4OS. The van der Waals surface area contributed by atoms with E-state index in [1.165, 1.54) is 4.70 Å². The number of hydrogen-bond acceptors (Lipinski definition) is 5. The zero-order valence-corrected chi connectivity index (χ0v) is 12.0. The largest absolute Gasteiger partial charge is 0.409 e. The highest BCUT2D eigenvalue weighted by Crippen LogP contribution is 2.24. The highest BCUT2D eigenvalue weighted by molar-refractivity contribution is 7.18. The van der Waals surface area contributed by atoms with Gasteiger partial charge in [-0.1, -0.05) is 17.3 Å². The lowest BCUT2D eigenvalue weighted by Gasteiger charge is -2.31. The monoisotopic (exact) mass is 290 g/mol. The molecule has 0 bridgehead atoms. The summed E-state index contributed by atoms with van der Waals surface area (Å²) in [6.07, 6.45) is 2.07. The third-order valence-electron chi connectivity index (χ3n) is 3.74. The van der Waals surface area contributed by atoms with Gasteiger partial charge in [-0.2, -0.15) is 0 Å². The maximum Gasteiger partial charge on any atom is 0.143 e. The predicted molar refractivity (Wildman–Crippen MR) is 81.0 cm³/mol. The Bertz CT molecular complexity index is 591. The maximum absolute atomic E-state index is 8.79. The second-order valence-corrected chi connectivity index (χ2v) is 6.29. The van der Waals surface area contributed by atoms with Gasteiger partial charge in [-0.25, -0.2) is 4.98 Å². The lowest BCUT2D eigenvalue weighted by molar-refractivity contribution is 0.193. The number of hydrogen-bond donors (Lipinski definition) is 2. The molecule has 1 aliphatic rings. The van der Waals surface area contributed by atoms with Crippen molar-refractivity contribution < 1.29 is 5.21 Å². The van der Waals surface area contributed by atoms with Crippen LogP contribution in [0.25, 0.3) is 10.2 Å². The summed E-state index contributed by atoms with van der Waals surface area (Å²) in [5.41, 5.74) is 6.79. The lowest BCUT2D eigenvalue weighted by Crippen LogP contribution is -2.40. The molecule has 1 saturated heterocycles. The number of para-hydroxylation sites is 1. The first kappa shape index (κ1) is 13.3. The lowest BCUT2D eigenvalue weighted by atomic mass is 9.97. The Morgan fingerprint density at radius 3 is 3.15 bits per heavy atom. The number of oxime groups is 1. The van der Waals surface area contributed by atoms with Crippen LogP contribution in [0, 0.1) is 5.92 Å². The van der Waals surface area contributed by atoms with Crippen molar-refractivity contribution in [2.24, 2.45) is 16.8 Å². The van der Waals surface area contributed by atoms with Gasteiger partial charge >= 0.3 is 0 Å². The van der Waals surface area contributed by atoms with Gasteiger partial charge in [0.2, 0.25) is 0 Å². The van der Waals surface area contributed by atoms with Crippen molar-refractivity contribution in [3.8, 4) is 0 Å². The molecule has 1 fully saturated rings. The molecule has 5 nitrogen and oxygen atoms in total. The summed E-state index contributed by atoms with van der Waals surface area (Å²) in [6.45, 7) is 2.73. The van der Waals surface area contributed by atoms with Crippen LogP contribution in [0.5, 0.6) is 0 Å². The van der Waals surface area contributed by atoms with Crippen LogP contribution in [-0.2, 0) is 6.54 Å². The summed E-state index contributed by atoms with van der Waals surface area (Å²) in [7, 11) is 0. The van der Waals surface area contributed by atoms with Gasteiger partial charge in [0.05, 0.1) is 16.8 Å². The van der Waals surface area contributed by atoms with E-state index in [1.807, 2.05) is 18.2 Å². The average Bonchev–Trinajstić information content (AvgIpc) is 2.88. The molecule has 106 valence electrons. The molecule has 3 N–H and O–H groups in total. The van der Waals surface area contributed by atoms with E-state index in [9.17, 15) is 0 Å². The Kier molecular flexibility index (Phi) is 3.84. The molecule has 1 unspecified atom stereocenters. The zero-order chi connectivity index (χ0) is 13.9. The van der Waals surface area contributed by atoms with Crippen LogP contribution < -0.4 is 5.73 Å². The van der Waals surface area contributed by atoms with Crippen molar-refractivity contribution in [2.75, 3.05) is 13.1 Å². The topological polar surface area (TPSA) is 74.7 Å². The molecule has 0 radical (unpaired) electrons. The van der Waals surface area contributed by atoms with Gasteiger partial charge in [-0.15, -0.1) is 11.3 Å². The summed E-state index contributed by atoms with van der Waals surface area (Å²) < 4.78 is 1.23. The van der Waals surface area contributed by atoms with E-state index in [0.29, 0.717) is 5.84 Å². The van der Waals surface area contributed by atoms with Gasteiger partial charge in [-0.3, -0.25) is 4.90 Å². The number of likely N-dealkylation sites (tertiary alicyclic amines) is 1. The number of piperidine rings is 1. The summed E-state index contributed by atoms with van der Waals surface area (Å²) >= 11 is 1.74. The molecule has 2 heterocycles. The Hall–Kier alpha value is -1.66. The Balaban J connectivity index is 1.70. The van der Waals surface area contributed by atoms with Crippen molar-refractivity contribution in [2.45, 2.75) is 19.4 Å². The van der Waals surface area contributed by atoms with Crippen molar-refractivity contribution in [3.05, 3.63) is 29.3 Å². The standard InChI is InChI=1S/C14H18N4OS/c15-14(17-19)10-4-3-7-18(8-10)9-13-16-11-5-1-2-6-12(11)20-13/h1-2,5-6,10,19H,3-4,7-9H2,(H2,15,17). The van der Waals surface area contributed by atoms with E-state index in [2.05, 4.69) is 21.1 Å². The Labute approximate surface area is 121 Å². The number of amidine groups is 1. The number of aromatic nitrogens is 1. The first-order chi connectivity index (χ1) is 9.76. The van der Waals surface area contributed by atoms with E-state index in [0.717, 1.165) is 43.0 Å². The second kappa shape index (κ2) is 5.76. The fourth-order valence-electron chi connectivity index (χ4n) is 2.70. The van der Waals surface area contributed by atoms with E-state index >= 15 is 0 Å². The van der Waals surface area contributed by atoms with E-state index in [4.69, 9.17) is 10.9 Å². The van der Waals surface area contributed by atoms with Crippen molar-refractivity contribution in [1.29, 1.82) is 0 Å². The predicted octanol–water partition coefficient (Wildman–Crippen LogP) is 2.25. The number of nitrogens with two attached hydrogens (primary N) is 1. The SMILES string of the molecule is N/C(=N/O)C1CCCN(Cc2nc3ccccc3s2)C1. The third kappa shape index (κ3) is 2.76. The van der Waals surface area contributed by atoms with Crippen molar-refractivity contribution in [3.63, 3.8) is 0 Å². The van der Waals surface area contributed by atoms with Crippen LogP contribution in [0.1, 0.15) is 17.8 Å². The zero-order valence-electron chi connectivity index (χ0n) is 11.2. The Morgan fingerprint density at radius 1 is 1.50 bits per heavy atom. The minimum atomic E-state index is 0.156. The summed E-state index contributed by atoms with van der Waals surface area (Å²) in [4.78, 5) is 7.00. The molecule has 1 aromatic carbocycles. The highest BCUT2D eigenvalue weighted by atomic mass is 32.1. The maximum atomic E-state index is 8.79. The molecule has 1 aromatic heterocycles. The van der Waals surface area contributed by atoms with Crippen molar-refractivity contribution in [1.82, 2.24) is 9.88 Å². The minimum Gasteiger partial charge on any atom is -0.409 e. The fourth-order valence-corrected chi connectivity index (χ4v) is 3.71. The normalized spacial score (nSPS) is 21.4. The molecule has 0 aliphatic carbocycles. The molecule has 20 heavy (non-hydrogen) atoms. The van der Waals surface area contributed by atoms with Crippen LogP contribution in [0.15, 0.2) is 29.4 Å². The van der Waals surface area contributed by atoms with Crippen LogP contribution in [0.4, 0.5) is 0 Å². The molecule has 6 heteroatoms. The van der Waals surface area contributed by atoms with Crippen molar-refractivity contribution >= 4 is 27.4 Å². The average molecular weight is 290 g/mol. The number of nitrogens with zero attached hydrogens (tertiary/aromatic N) is 3. The molecular weight excluding hydrogens is 272 g/mol. The van der Waals surface area contributed by atoms with Gasteiger partial charge in [0.1, 0.15) is 10.8 Å². The van der Waals surface area contributed by atoms with Gasteiger partial charge in [0.15, 0.2) is 0 Å². The highest BCUT2D eigenvalue weighted by Gasteiger charge is 2.23. The molecule has 0 amide bonds. The first-order valence-corrected chi connectivity index (χ1v) is 7.62. The van der Waals surface area contributed by atoms with Gasteiger partial charge < -0.3 is 10.9 Å². The number of rotatable bonds is 3. The second-order valence-electron chi connectivity index (χ2n) is 5.17. The molecule has 1 aliphatic heterocycles. The third-order valence-corrected chi connectivity index (χ3v) is 4.76. The van der Waals surface area contributed by atoms with Crippen LogP contribution in [0.2, 0.25) is 0 Å². The number of fused-ring (bicyclic) bond motifs is 1. The summed E-state index contributed by atoms with van der Waals surface area (Å²) in [6, 6.07) is 8.21.